The average molecular weight is 445 g/mol. The van der Waals surface area contributed by atoms with E-state index in [2.05, 4.69) is 30.8 Å². The number of nitrogens with one attached hydrogen (secondary N) is 3. The summed E-state index contributed by atoms with van der Waals surface area (Å²) in [6.07, 6.45) is 0.711. The summed E-state index contributed by atoms with van der Waals surface area (Å²) in [4.78, 5) is 42.9. The molecule has 2 heterocycles. The van der Waals surface area contributed by atoms with Crippen LogP contribution >= 0.6 is 23.1 Å². The summed E-state index contributed by atoms with van der Waals surface area (Å²) in [5, 5.41) is 14.5. The van der Waals surface area contributed by atoms with Crippen LogP contribution in [0.5, 0.6) is 0 Å². The SMILES string of the molecule is Cc1nnc(NC(=O)CSc2nc(CC(=O)NCCc3ccccc3)cc(=O)[nH]2)s1. The van der Waals surface area contributed by atoms with Crippen LogP contribution in [0, 0.1) is 6.92 Å². The number of aromatic nitrogens is 4. The summed E-state index contributed by atoms with van der Waals surface area (Å²) in [5.74, 6) is -0.471. The van der Waals surface area contributed by atoms with Crippen LogP contribution in [0.4, 0.5) is 5.13 Å². The molecule has 0 unspecified atom stereocenters. The van der Waals surface area contributed by atoms with Gasteiger partial charge < -0.3 is 10.3 Å². The van der Waals surface area contributed by atoms with E-state index in [0.717, 1.165) is 28.8 Å². The van der Waals surface area contributed by atoms with Gasteiger partial charge in [0.25, 0.3) is 5.56 Å². The minimum atomic E-state index is -0.375. The zero-order valence-electron chi connectivity index (χ0n) is 16.2. The van der Waals surface area contributed by atoms with Gasteiger partial charge >= 0.3 is 0 Å². The average Bonchev–Trinajstić information content (AvgIpc) is 3.11. The first kappa shape index (κ1) is 21.7. The molecule has 11 heteroatoms. The van der Waals surface area contributed by atoms with Crippen molar-refractivity contribution in [3.8, 4) is 0 Å². The molecule has 0 aliphatic rings. The topological polar surface area (TPSA) is 130 Å². The van der Waals surface area contributed by atoms with Gasteiger partial charge in [0.05, 0.1) is 17.9 Å². The van der Waals surface area contributed by atoms with Crippen molar-refractivity contribution >= 4 is 40.0 Å². The van der Waals surface area contributed by atoms with Crippen molar-refractivity contribution < 1.29 is 9.59 Å². The van der Waals surface area contributed by atoms with E-state index in [4.69, 9.17) is 0 Å². The van der Waals surface area contributed by atoms with Crippen LogP contribution in [0.1, 0.15) is 16.3 Å². The second kappa shape index (κ2) is 10.6. The molecule has 30 heavy (non-hydrogen) atoms. The van der Waals surface area contributed by atoms with Crippen LogP contribution < -0.4 is 16.2 Å². The number of amides is 2. The lowest BCUT2D eigenvalue weighted by atomic mass is 10.1. The molecule has 0 aliphatic heterocycles. The Labute approximate surface area is 180 Å². The van der Waals surface area contributed by atoms with Crippen LogP contribution in [-0.4, -0.2) is 44.3 Å². The predicted octanol–water partition coefficient (Wildman–Crippen LogP) is 1.56. The predicted molar refractivity (Wildman–Crippen MR) is 116 cm³/mol. The fourth-order valence-electron chi connectivity index (χ4n) is 2.50. The first-order valence-electron chi connectivity index (χ1n) is 9.11. The number of carbonyl (C=O) groups is 2. The van der Waals surface area contributed by atoms with Crippen LogP contribution in [-0.2, 0) is 22.4 Å². The molecule has 2 aromatic heterocycles. The van der Waals surface area contributed by atoms with Crippen molar-refractivity contribution in [3.05, 3.63) is 63.0 Å². The van der Waals surface area contributed by atoms with Gasteiger partial charge in [0.15, 0.2) is 5.16 Å². The van der Waals surface area contributed by atoms with Gasteiger partial charge in [-0.05, 0) is 18.9 Å². The number of hydrogen-bond donors (Lipinski definition) is 3. The number of thioether (sulfide) groups is 1. The van der Waals surface area contributed by atoms with E-state index < -0.39 is 0 Å². The summed E-state index contributed by atoms with van der Waals surface area (Å²) in [7, 11) is 0. The number of H-pyrrole nitrogens is 1. The lowest BCUT2D eigenvalue weighted by molar-refractivity contribution is -0.120. The van der Waals surface area contributed by atoms with Crippen LogP contribution in [0.25, 0.3) is 0 Å². The Balaban J connectivity index is 1.48. The number of nitrogens with zero attached hydrogens (tertiary/aromatic N) is 3. The van der Waals surface area contributed by atoms with E-state index in [1.165, 1.54) is 17.4 Å². The van der Waals surface area contributed by atoms with E-state index in [0.29, 0.717) is 17.4 Å². The van der Waals surface area contributed by atoms with Crippen LogP contribution in [0.3, 0.4) is 0 Å². The summed E-state index contributed by atoms with van der Waals surface area (Å²) in [5.41, 5.74) is 1.10. The first-order valence-corrected chi connectivity index (χ1v) is 10.9. The van der Waals surface area contributed by atoms with Crippen molar-refractivity contribution in [2.45, 2.75) is 24.9 Å². The Morgan fingerprint density at radius 1 is 1.17 bits per heavy atom. The fraction of sp³-hybridized carbons (Fsp3) is 0.263. The number of aromatic amines is 1. The molecule has 0 bridgehead atoms. The second-order valence-electron chi connectivity index (χ2n) is 6.27. The van der Waals surface area contributed by atoms with E-state index >= 15 is 0 Å². The first-order chi connectivity index (χ1) is 14.5. The summed E-state index contributed by atoms with van der Waals surface area (Å²) in [6.45, 7) is 2.29. The molecule has 1 aromatic carbocycles. The minimum absolute atomic E-state index is 0.0114. The highest BCUT2D eigenvalue weighted by molar-refractivity contribution is 7.99. The molecular formula is C19H20N6O3S2. The van der Waals surface area contributed by atoms with Crippen molar-refractivity contribution in [2.24, 2.45) is 0 Å². The number of carbonyl (C=O) groups excluding carboxylic acids is 2. The maximum absolute atomic E-state index is 12.2. The molecule has 0 aliphatic carbocycles. The number of anilines is 1. The smallest absolute Gasteiger partial charge is 0.251 e. The summed E-state index contributed by atoms with van der Waals surface area (Å²) in [6, 6.07) is 11.1. The Bertz CT molecular complexity index is 1070. The minimum Gasteiger partial charge on any atom is -0.355 e. The number of benzene rings is 1. The van der Waals surface area contributed by atoms with Crippen LogP contribution in [0.15, 0.2) is 46.3 Å². The highest BCUT2D eigenvalue weighted by Crippen LogP contribution is 2.16. The normalized spacial score (nSPS) is 10.6. The second-order valence-corrected chi connectivity index (χ2v) is 8.41. The summed E-state index contributed by atoms with van der Waals surface area (Å²) < 4.78 is 0. The third-order valence-electron chi connectivity index (χ3n) is 3.81. The highest BCUT2D eigenvalue weighted by atomic mass is 32.2. The molecule has 3 aromatic rings. The molecule has 3 rings (SSSR count). The maximum atomic E-state index is 12.2. The van der Waals surface area contributed by atoms with Crippen molar-refractivity contribution in [2.75, 3.05) is 17.6 Å². The lowest BCUT2D eigenvalue weighted by Crippen LogP contribution is -2.28. The number of hydrogen-bond acceptors (Lipinski definition) is 8. The van der Waals surface area contributed by atoms with Gasteiger partial charge in [0.1, 0.15) is 5.01 Å². The molecule has 0 saturated carbocycles. The Hall–Kier alpha value is -3.05. The number of aryl methyl sites for hydroxylation is 1. The van der Waals surface area contributed by atoms with Gasteiger partial charge in [-0.25, -0.2) is 4.98 Å². The standard InChI is InChI=1S/C19H20N6O3S2/c1-12-24-25-19(30-12)23-17(28)11-29-18-21-14(10-16(27)22-18)9-15(26)20-8-7-13-5-3-2-4-6-13/h2-6,10H,7-9,11H2,1H3,(H,20,26)(H,21,22,27)(H,23,25,28). The lowest BCUT2D eigenvalue weighted by Gasteiger charge is -2.06. The van der Waals surface area contributed by atoms with E-state index in [9.17, 15) is 14.4 Å². The fourth-order valence-corrected chi connectivity index (χ4v) is 3.80. The van der Waals surface area contributed by atoms with E-state index in [-0.39, 0.29) is 34.7 Å². The van der Waals surface area contributed by atoms with E-state index in [1.807, 2.05) is 30.3 Å². The third-order valence-corrected chi connectivity index (χ3v) is 5.43. The zero-order valence-corrected chi connectivity index (χ0v) is 17.8. The number of rotatable bonds is 9. The summed E-state index contributed by atoms with van der Waals surface area (Å²) >= 11 is 2.34. The quantitative estimate of drug-likeness (QED) is 0.337. The van der Waals surface area contributed by atoms with E-state index in [1.54, 1.807) is 6.92 Å². The van der Waals surface area contributed by atoms with Gasteiger partial charge in [0, 0.05) is 12.6 Å². The molecule has 2 amide bonds. The van der Waals surface area contributed by atoms with Gasteiger partial charge in [-0.15, -0.1) is 10.2 Å². The van der Waals surface area contributed by atoms with Crippen molar-refractivity contribution in [1.82, 2.24) is 25.5 Å². The molecular weight excluding hydrogens is 424 g/mol. The van der Waals surface area contributed by atoms with Gasteiger partial charge in [-0.1, -0.05) is 53.4 Å². The third kappa shape index (κ3) is 7.08. The molecule has 0 spiro atoms. The molecule has 0 fully saturated rings. The molecule has 0 atom stereocenters. The Morgan fingerprint density at radius 3 is 2.70 bits per heavy atom. The Kier molecular flexibility index (Phi) is 7.69. The van der Waals surface area contributed by atoms with Gasteiger partial charge in [0.2, 0.25) is 16.9 Å². The highest BCUT2D eigenvalue weighted by Gasteiger charge is 2.11. The monoisotopic (exact) mass is 444 g/mol. The van der Waals surface area contributed by atoms with Crippen molar-refractivity contribution in [1.29, 1.82) is 0 Å². The van der Waals surface area contributed by atoms with Gasteiger partial charge in [-0.2, -0.15) is 0 Å². The Morgan fingerprint density at radius 2 is 1.97 bits per heavy atom. The molecule has 0 radical (unpaired) electrons. The molecule has 156 valence electrons. The van der Waals surface area contributed by atoms with Gasteiger partial charge in [-0.3, -0.25) is 19.7 Å². The largest absolute Gasteiger partial charge is 0.355 e. The molecule has 3 N–H and O–H groups in total. The maximum Gasteiger partial charge on any atom is 0.251 e. The zero-order chi connectivity index (χ0) is 21.3. The molecule has 9 nitrogen and oxygen atoms in total. The van der Waals surface area contributed by atoms with Crippen LogP contribution in [0.2, 0.25) is 0 Å². The molecule has 0 saturated heterocycles. The van der Waals surface area contributed by atoms with Crippen molar-refractivity contribution in [3.63, 3.8) is 0 Å².